The number of hydrogen-bond donors (Lipinski definition) is 1. The first-order valence-electron chi connectivity index (χ1n) is 8.50. The summed E-state index contributed by atoms with van der Waals surface area (Å²) in [6.07, 6.45) is 3.63. The molecule has 0 unspecified atom stereocenters. The van der Waals surface area contributed by atoms with Crippen LogP contribution in [-0.4, -0.2) is 20.9 Å². The molecular weight excluding hydrogens is 336 g/mol. The van der Waals surface area contributed by atoms with Gasteiger partial charge >= 0.3 is 0 Å². The van der Waals surface area contributed by atoms with Crippen molar-refractivity contribution >= 4 is 34.2 Å². The van der Waals surface area contributed by atoms with Crippen LogP contribution in [0.4, 0.5) is 5.69 Å². The van der Waals surface area contributed by atoms with Crippen molar-refractivity contribution in [2.24, 2.45) is 0 Å². The number of nitrogens with one attached hydrogen (secondary N) is 1. The van der Waals surface area contributed by atoms with E-state index in [1.54, 1.807) is 16.9 Å². The van der Waals surface area contributed by atoms with Crippen LogP contribution in [-0.2, 0) is 4.79 Å². The smallest absolute Gasteiger partial charge is 0.224 e. The number of carbonyl (C=O) groups excluding carboxylic acids is 1. The lowest BCUT2D eigenvalue weighted by molar-refractivity contribution is -0.116. The second-order valence-corrected chi connectivity index (χ2v) is 6.56. The van der Waals surface area contributed by atoms with Gasteiger partial charge < -0.3 is 5.32 Å². The third kappa shape index (κ3) is 4.17. The Labute approximate surface area is 152 Å². The zero-order chi connectivity index (χ0) is 17.8. The number of benzene rings is 2. The van der Waals surface area contributed by atoms with Crippen LogP contribution in [0.1, 0.15) is 38.2 Å². The summed E-state index contributed by atoms with van der Waals surface area (Å²) in [5, 5.41) is 12.7. The summed E-state index contributed by atoms with van der Waals surface area (Å²) in [4.78, 5) is 13.6. The SMILES string of the molecule is CCCCCC(=O)Nc1cc2nn(-c3ccc(Cl)cc3)nc2cc1C. The van der Waals surface area contributed by atoms with Crippen LogP contribution in [0.25, 0.3) is 16.7 Å². The predicted molar refractivity (Wildman–Crippen MR) is 101 cm³/mol. The molecule has 1 aromatic heterocycles. The van der Waals surface area contributed by atoms with E-state index in [1.807, 2.05) is 31.2 Å². The van der Waals surface area contributed by atoms with E-state index in [0.717, 1.165) is 47.2 Å². The van der Waals surface area contributed by atoms with E-state index in [4.69, 9.17) is 11.6 Å². The lowest BCUT2D eigenvalue weighted by Gasteiger charge is -2.07. The van der Waals surface area contributed by atoms with E-state index in [1.165, 1.54) is 0 Å². The Kier molecular flexibility index (Phi) is 5.34. The quantitative estimate of drug-likeness (QED) is 0.639. The largest absolute Gasteiger partial charge is 0.326 e. The van der Waals surface area contributed by atoms with Crippen LogP contribution >= 0.6 is 11.6 Å². The summed E-state index contributed by atoms with van der Waals surface area (Å²) in [7, 11) is 0. The Morgan fingerprint density at radius 1 is 1.12 bits per heavy atom. The molecule has 5 nitrogen and oxygen atoms in total. The fourth-order valence-electron chi connectivity index (χ4n) is 2.64. The van der Waals surface area contributed by atoms with E-state index in [2.05, 4.69) is 22.4 Å². The van der Waals surface area contributed by atoms with Gasteiger partial charge in [0.2, 0.25) is 5.91 Å². The Morgan fingerprint density at radius 2 is 1.80 bits per heavy atom. The number of fused-ring (bicyclic) bond motifs is 1. The monoisotopic (exact) mass is 356 g/mol. The predicted octanol–water partition coefficient (Wildman–Crippen LogP) is 4.90. The van der Waals surface area contributed by atoms with Crippen LogP contribution in [0.5, 0.6) is 0 Å². The van der Waals surface area contributed by atoms with E-state index < -0.39 is 0 Å². The first-order valence-corrected chi connectivity index (χ1v) is 8.88. The minimum Gasteiger partial charge on any atom is -0.326 e. The number of anilines is 1. The van der Waals surface area contributed by atoms with Gasteiger partial charge in [0.15, 0.2) is 0 Å². The Morgan fingerprint density at radius 3 is 2.48 bits per heavy atom. The maximum atomic E-state index is 12.1. The van der Waals surface area contributed by atoms with Crippen LogP contribution in [0.2, 0.25) is 5.02 Å². The average Bonchev–Trinajstić information content (AvgIpc) is 2.98. The van der Waals surface area contributed by atoms with Gasteiger partial charge in [0, 0.05) is 17.1 Å². The van der Waals surface area contributed by atoms with Crippen molar-refractivity contribution in [1.29, 1.82) is 0 Å². The van der Waals surface area contributed by atoms with Crippen molar-refractivity contribution < 1.29 is 4.79 Å². The van der Waals surface area contributed by atoms with Crippen molar-refractivity contribution in [2.75, 3.05) is 5.32 Å². The molecule has 130 valence electrons. The summed E-state index contributed by atoms with van der Waals surface area (Å²) in [6, 6.07) is 11.2. The number of unbranched alkanes of at least 4 members (excludes halogenated alkanes) is 2. The highest BCUT2D eigenvalue weighted by Crippen LogP contribution is 2.23. The number of aromatic nitrogens is 3. The summed E-state index contributed by atoms with van der Waals surface area (Å²) < 4.78 is 0. The molecule has 1 N–H and O–H groups in total. The van der Waals surface area contributed by atoms with E-state index in [-0.39, 0.29) is 5.91 Å². The van der Waals surface area contributed by atoms with Gasteiger partial charge in [0.1, 0.15) is 11.0 Å². The zero-order valence-corrected chi connectivity index (χ0v) is 15.2. The molecule has 3 rings (SSSR count). The number of aryl methyl sites for hydroxylation is 1. The van der Waals surface area contributed by atoms with E-state index in [9.17, 15) is 4.79 Å². The summed E-state index contributed by atoms with van der Waals surface area (Å²) in [5.41, 5.74) is 4.13. The lowest BCUT2D eigenvalue weighted by atomic mass is 10.1. The summed E-state index contributed by atoms with van der Waals surface area (Å²) in [6.45, 7) is 4.09. The van der Waals surface area contributed by atoms with Crippen molar-refractivity contribution in [3.8, 4) is 5.69 Å². The van der Waals surface area contributed by atoms with E-state index >= 15 is 0 Å². The van der Waals surface area contributed by atoms with E-state index in [0.29, 0.717) is 11.4 Å². The van der Waals surface area contributed by atoms with Crippen LogP contribution in [0.15, 0.2) is 36.4 Å². The van der Waals surface area contributed by atoms with Gasteiger partial charge in [-0.25, -0.2) is 0 Å². The van der Waals surface area contributed by atoms with Crippen LogP contribution in [0, 0.1) is 6.92 Å². The maximum absolute atomic E-state index is 12.1. The van der Waals surface area contributed by atoms with Gasteiger partial charge in [0.05, 0.1) is 5.69 Å². The van der Waals surface area contributed by atoms with Gasteiger partial charge in [-0.3, -0.25) is 4.79 Å². The zero-order valence-electron chi connectivity index (χ0n) is 14.4. The van der Waals surface area contributed by atoms with Gasteiger partial charge in [0.25, 0.3) is 0 Å². The number of hydrogen-bond acceptors (Lipinski definition) is 3. The van der Waals surface area contributed by atoms with Gasteiger partial charge in [-0.15, -0.1) is 10.2 Å². The standard InChI is InChI=1S/C19H21ClN4O/c1-3-4-5-6-19(25)21-16-12-18-17(11-13(16)2)22-24(23-18)15-9-7-14(20)8-10-15/h7-12H,3-6H2,1-2H3,(H,21,25). The fraction of sp³-hybridized carbons (Fsp3) is 0.316. The third-order valence-corrected chi connectivity index (χ3v) is 4.32. The van der Waals surface area contributed by atoms with Crippen LogP contribution < -0.4 is 5.32 Å². The molecule has 1 heterocycles. The Balaban J connectivity index is 1.83. The minimum absolute atomic E-state index is 0.0426. The molecule has 0 aliphatic heterocycles. The molecule has 0 atom stereocenters. The topological polar surface area (TPSA) is 59.8 Å². The molecule has 25 heavy (non-hydrogen) atoms. The molecule has 0 aliphatic carbocycles. The highest BCUT2D eigenvalue weighted by atomic mass is 35.5. The molecule has 6 heteroatoms. The average molecular weight is 357 g/mol. The first kappa shape index (κ1) is 17.4. The Bertz CT molecular complexity index is 886. The lowest BCUT2D eigenvalue weighted by Crippen LogP contribution is -2.12. The van der Waals surface area contributed by atoms with Crippen LogP contribution in [0.3, 0.4) is 0 Å². The molecule has 0 saturated heterocycles. The third-order valence-electron chi connectivity index (χ3n) is 4.07. The highest BCUT2D eigenvalue weighted by molar-refractivity contribution is 6.30. The molecule has 0 radical (unpaired) electrons. The molecule has 0 fully saturated rings. The van der Waals surface area contributed by atoms with Crippen molar-refractivity contribution in [3.05, 3.63) is 47.0 Å². The normalized spacial score (nSPS) is 11.0. The molecule has 0 aliphatic rings. The molecule has 1 amide bonds. The van der Waals surface area contributed by atoms with Gasteiger partial charge in [-0.1, -0.05) is 31.4 Å². The molecule has 0 bridgehead atoms. The number of rotatable bonds is 6. The Hall–Kier alpha value is -2.40. The maximum Gasteiger partial charge on any atom is 0.224 e. The minimum atomic E-state index is 0.0426. The molecule has 2 aromatic carbocycles. The number of amides is 1. The number of nitrogens with zero attached hydrogens (tertiary/aromatic N) is 3. The molecule has 0 saturated carbocycles. The van der Waals surface area contributed by atoms with Crippen molar-refractivity contribution in [2.45, 2.75) is 39.5 Å². The second-order valence-electron chi connectivity index (χ2n) is 6.13. The second kappa shape index (κ2) is 7.66. The summed E-state index contributed by atoms with van der Waals surface area (Å²) >= 11 is 5.92. The summed E-state index contributed by atoms with van der Waals surface area (Å²) in [5.74, 6) is 0.0426. The fourth-order valence-corrected chi connectivity index (χ4v) is 2.77. The van der Waals surface area contributed by atoms with Gasteiger partial charge in [-0.2, -0.15) is 4.80 Å². The number of carbonyl (C=O) groups is 1. The highest BCUT2D eigenvalue weighted by Gasteiger charge is 2.10. The molecule has 0 spiro atoms. The van der Waals surface area contributed by atoms with Crippen molar-refractivity contribution in [1.82, 2.24) is 15.0 Å². The molecular formula is C19H21ClN4O. The van der Waals surface area contributed by atoms with Crippen molar-refractivity contribution in [3.63, 3.8) is 0 Å². The number of halogens is 1. The van der Waals surface area contributed by atoms with Gasteiger partial charge in [-0.05, 0) is 55.3 Å². The first-order chi connectivity index (χ1) is 12.1. The molecule has 3 aromatic rings.